The number of allylic oxidation sites excluding steroid dienone is 4. The van der Waals surface area contributed by atoms with Gasteiger partial charge in [-0.3, -0.25) is 0 Å². The summed E-state index contributed by atoms with van der Waals surface area (Å²) in [5, 5.41) is 0. The fraction of sp³-hybridized carbons (Fsp3) is 0.304. The van der Waals surface area contributed by atoms with Gasteiger partial charge in [-0.1, -0.05) is 272 Å². The fourth-order valence-electron chi connectivity index (χ4n) is 5.13. The Kier molecular flexibility index (Phi) is 49.9. The fourth-order valence-corrected chi connectivity index (χ4v) is 5.13. The molecule has 0 unspecified atom stereocenters. The zero-order valence-electron chi connectivity index (χ0n) is 46.2. The van der Waals surface area contributed by atoms with Gasteiger partial charge in [0.25, 0.3) is 0 Å². The molecule has 0 fully saturated rings. The lowest BCUT2D eigenvalue weighted by atomic mass is 10.1. The molecular weight excluding hydrogens is 829 g/mol. The van der Waals surface area contributed by atoms with E-state index in [4.69, 9.17) is 0 Å². The summed E-state index contributed by atoms with van der Waals surface area (Å²) in [6.45, 7) is 57.7. The molecule has 0 heteroatoms. The third-order valence-electron chi connectivity index (χ3n) is 9.28. The zero-order valence-corrected chi connectivity index (χ0v) is 46.2. The maximum Gasteiger partial charge on any atom is -0.0260 e. The van der Waals surface area contributed by atoms with Crippen LogP contribution in [0.15, 0.2) is 203 Å². The summed E-state index contributed by atoms with van der Waals surface area (Å²) >= 11 is 0. The van der Waals surface area contributed by atoms with Gasteiger partial charge < -0.3 is 0 Å². The second-order valence-electron chi connectivity index (χ2n) is 16.9. The summed E-state index contributed by atoms with van der Waals surface area (Å²) in [6, 6.07) is 42.2. The molecule has 69 heavy (non-hydrogen) atoms. The van der Waals surface area contributed by atoms with Crippen molar-refractivity contribution in [3.05, 3.63) is 259 Å². The minimum absolute atomic E-state index is 1.11. The van der Waals surface area contributed by atoms with Crippen LogP contribution in [0.1, 0.15) is 163 Å². The summed E-state index contributed by atoms with van der Waals surface area (Å²) in [5.41, 5.74) is 16.5. The standard InChI is InChI=1S/C12H16.C11H14.C10H12.2C9H10.C6H12.C5H10.C4H8.C3H6/c1-3-5-6-12-9-7-11(4-2)8-10-12;1-3-5-11-8-6-10(4-2)7-9-11;1-3-9-5-7-10(4-2)8-6-9;1-3-9-6-4-8(2)5-7-9;1-3-9-6-4-5-8(2)7-9;1-4-5-6(2)3;1-4-5(2)3;1-4(2)3;1-3-2/h4,7-10H,2-3,5-6H2,1H3;4,6-9H,2-3,5H2,1H3;3,5-8H,1,4H2,2H3;2*3-7H,1H2,2H3;2,4-5H2,1,3H3;2,4H2,1,3H3;1H2,2-3H3;3H,1H2,2H3. The molecule has 5 rings (SSSR count). The topological polar surface area (TPSA) is 0 Å². The Labute approximate surface area is 428 Å². The molecule has 0 aliphatic heterocycles. The third kappa shape index (κ3) is 48.0. The van der Waals surface area contributed by atoms with Gasteiger partial charge >= 0.3 is 0 Å². The highest BCUT2D eigenvalue weighted by Crippen LogP contribution is 2.10. The van der Waals surface area contributed by atoms with Crippen molar-refractivity contribution in [3.63, 3.8) is 0 Å². The van der Waals surface area contributed by atoms with Crippen molar-refractivity contribution in [1.82, 2.24) is 0 Å². The summed E-state index contributed by atoms with van der Waals surface area (Å²) in [4.78, 5) is 0. The molecule has 0 saturated carbocycles. The monoisotopic (exact) mass is 927 g/mol. The van der Waals surface area contributed by atoms with Gasteiger partial charge in [0.1, 0.15) is 0 Å². The first kappa shape index (κ1) is 69.3. The van der Waals surface area contributed by atoms with E-state index in [1.165, 1.54) is 117 Å². The highest BCUT2D eigenvalue weighted by molar-refractivity contribution is 5.49. The molecule has 0 aliphatic carbocycles. The molecule has 0 nitrogen and oxygen atoms in total. The van der Waals surface area contributed by atoms with E-state index in [9.17, 15) is 0 Å². The number of benzene rings is 5. The van der Waals surface area contributed by atoms with Gasteiger partial charge in [-0.25, -0.2) is 0 Å². The van der Waals surface area contributed by atoms with Crippen molar-refractivity contribution in [2.45, 2.75) is 141 Å². The largest absolute Gasteiger partial charge is 0.103 e. The van der Waals surface area contributed by atoms with Crippen molar-refractivity contribution in [2.24, 2.45) is 0 Å². The van der Waals surface area contributed by atoms with E-state index in [1.807, 2.05) is 70.2 Å². The van der Waals surface area contributed by atoms with Crippen LogP contribution in [0.2, 0.25) is 0 Å². The molecule has 0 aliphatic rings. The molecule has 5 aromatic carbocycles. The molecule has 0 atom stereocenters. The SMILES string of the molecule is C=C(C)C.C=C(C)CC.C=C(C)CCC.C=CC.C=Cc1ccc(C)cc1.C=Cc1ccc(CC)cc1.C=Cc1ccc(CCC)cc1.C=Cc1ccc(CCCC)cc1.C=Cc1cccc(C)c1. The zero-order chi connectivity index (χ0) is 53.3. The lowest BCUT2D eigenvalue weighted by Gasteiger charge is -1.99. The predicted molar refractivity (Wildman–Crippen MR) is 325 cm³/mol. The molecule has 0 aromatic heterocycles. The summed E-state index contributed by atoms with van der Waals surface area (Å²) in [5.74, 6) is 0. The van der Waals surface area contributed by atoms with Gasteiger partial charge in [0.05, 0.1) is 0 Å². The summed E-state index contributed by atoms with van der Waals surface area (Å²) < 4.78 is 0. The highest BCUT2D eigenvalue weighted by Gasteiger charge is 1.92. The van der Waals surface area contributed by atoms with Crippen LogP contribution in [-0.2, 0) is 19.3 Å². The van der Waals surface area contributed by atoms with Crippen LogP contribution in [0.4, 0.5) is 0 Å². The molecule has 0 spiro atoms. The minimum Gasteiger partial charge on any atom is -0.103 e. The van der Waals surface area contributed by atoms with Crippen LogP contribution in [-0.4, -0.2) is 0 Å². The van der Waals surface area contributed by atoms with Gasteiger partial charge in [-0.05, 0) is 131 Å². The maximum absolute atomic E-state index is 3.74. The van der Waals surface area contributed by atoms with Crippen molar-refractivity contribution in [1.29, 1.82) is 0 Å². The first-order valence-electron chi connectivity index (χ1n) is 24.9. The third-order valence-corrected chi connectivity index (χ3v) is 9.28. The van der Waals surface area contributed by atoms with E-state index < -0.39 is 0 Å². The minimum atomic E-state index is 1.11. The molecule has 374 valence electrons. The maximum atomic E-state index is 3.74. The van der Waals surface area contributed by atoms with E-state index in [-0.39, 0.29) is 0 Å². The number of hydrogen-bond donors (Lipinski definition) is 0. The number of unbranched alkanes of at least 4 members (excludes halogenated alkanes) is 1. The molecule has 0 N–H and O–H groups in total. The van der Waals surface area contributed by atoms with Crippen LogP contribution in [0.5, 0.6) is 0 Å². The molecule has 0 heterocycles. The van der Waals surface area contributed by atoms with Gasteiger partial charge in [-0.2, -0.15) is 0 Å². The lowest BCUT2D eigenvalue weighted by molar-refractivity contribution is 0.795. The lowest BCUT2D eigenvalue weighted by Crippen LogP contribution is -1.83. The van der Waals surface area contributed by atoms with Crippen LogP contribution >= 0.6 is 0 Å². The Morgan fingerprint density at radius 2 is 0.768 bits per heavy atom. The molecule has 0 bridgehead atoms. The Morgan fingerprint density at radius 1 is 0.420 bits per heavy atom. The van der Waals surface area contributed by atoms with Crippen molar-refractivity contribution in [3.8, 4) is 0 Å². The Morgan fingerprint density at radius 3 is 1.01 bits per heavy atom. The van der Waals surface area contributed by atoms with E-state index >= 15 is 0 Å². The first-order chi connectivity index (χ1) is 32.9. The van der Waals surface area contributed by atoms with Gasteiger partial charge in [0.15, 0.2) is 0 Å². The van der Waals surface area contributed by atoms with Crippen LogP contribution in [0.25, 0.3) is 30.4 Å². The number of aryl methyl sites for hydroxylation is 5. The van der Waals surface area contributed by atoms with Gasteiger partial charge in [-0.15, -0.1) is 26.3 Å². The normalized spacial score (nSPS) is 8.75. The Bertz CT molecular complexity index is 2060. The predicted octanol–water partition coefficient (Wildman–Crippen LogP) is 22.2. The van der Waals surface area contributed by atoms with E-state index in [1.54, 1.807) is 6.08 Å². The molecule has 5 aromatic rings. The molecule has 0 saturated heterocycles. The Hall–Kier alpha value is -6.24. The van der Waals surface area contributed by atoms with Crippen molar-refractivity contribution >= 4 is 30.4 Å². The molecule has 0 amide bonds. The van der Waals surface area contributed by atoms with Gasteiger partial charge in [0.2, 0.25) is 0 Å². The average molecular weight is 928 g/mol. The van der Waals surface area contributed by atoms with Crippen molar-refractivity contribution in [2.75, 3.05) is 0 Å². The van der Waals surface area contributed by atoms with E-state index in [2.05, 4.69) is 224 Å². The number of rotatable bonds is 14. The first-order valence-corrected chi connectivity index (χ1v) is 24.9. The second kappa shape index (κ2) is 49.7. The summed E-state index contributed by atoms with van der Waals surface area (Å²) in [6.07, 6.45) is 21.8. The van der Waals surface area contributed by atoms with Gasteiger partial charge in [0, 0.05) is 0 Å². The number of hydrogen-bond acceptors (Lipinski definition) is 0. The van der Waals surface area contributed by atoms with E-state index in [0.29, 0.717) is 0 Å². The Balaban J connectivity index is -0.000000354. The quantitative estimate of drug-likeness (QED) is 0.0974. The second-order valence-corrected chi connectivity index (χ2v) is 16.9. The van der Waals surface area contributed by atoms with Crippen LogP contribution in [0, 0.1) is 13.8 Å². The summed E-state index contributed by atoms with van der Waals surface area (Å²) in [7, 11) is 0. The van der Waals surface area contributed by atoms with Crippen LogP contribution in [0.3, 0.4) is 0 Å². The van der Waals surface area contributed by atoms with E-state index in [0.717, 1.165) is 12.8 Å². The molecular formula is C69H98. The molecule has 0 radical (unpaired) electrons. The highest BCUT2D eigenvalue weighted by atomic mass is 14.0. The van der Waals surface area contributed by atoms with Crippen molar-refractivity contribution < 1.29 is 0 Å². The van der Waals surface area contributed by atoms with Crippen LogP contribution < -0.4 is 0 Å². The smallest absolute Gasteiger partial charge is 0.0260 e. The average Bonchev–Trinajstić information content (AvgIpc) is 3.35.